The van der Waals surface area contributed by atoms with Crippen LogP contribution in [0.25, 0.3) is 22.3 Å². The molecule has 3 fully saturated rings. The highest BCUT2D eigenvalue weighted by molar-refractivity contribution is 6.34. The second kappa shape index (κ2) is 13.4. The topological polar surface area (TPSA) is 118 Å². The molecule has 1 aromatic carbocycles. The highest BCUT2D eigenvalue weighted by Gasteiger charge is 2.55. The average molecular weight is 783 g/mol. The zero-order valence-electron chi connectivity index (χ0n) is 31.3. The zero-order chi connectivity index (χ0) is 39.2. The minimum Gasteiger partial charge on any atom is -0.380 e. The van der Waals surface area contributed by atoms with E-state index in [1.807, 2.05) is 38.7 Å². The van der Waals surface area contributed by atoms with E-state index in [0.29, 0.717) is 40.3 Å². The Labute approximate surface area is 320 Å². The van der Waals surface area contributed by atoms with Crippen molar-refractivity contribution in [1.29, 1.82) is 0 Å². The van der Waals surface area contributed by atoms with Gasteiger partial charge in [-0.05, 0) is 84.9 Å². The van der Waals surface area contributed by atoms with Gasteiger partial charge in [0, 0.05) is 49.1 Å². The molecule has 2 saturated carbocycles. The van der Waals surface area contributed by atoms with Crippen molar-refractivity contribution >= 4 is 51.6 Å². The van der Waals surface area contributed by atoms with Crippen LogP contribution in [0.2, 0.25) is 5.02 Å². The molecule has 4 aliphatic rings. The van der Waals surface area contributed by atoms with E-state index >= 15 is 8.78 Å². The minimum atomic E-state index is -2.84. The van der Waals surface area contributed by atoms with E-state index in [9.17, 15) is 18.4 Å². The Bertz CT molecular complexity index is 2210. The summed E-state index contributed by atoms with van der Waals surface area (Å²) < 4.78 is 65.7. The van der Waals surface area contributed by atoms with Gasteiger partial charge in [-0.15, -0.1) is 0 Å². The molecule has 0 atom stereocenters. The number of halogens is 5. The fourth-order valence-electron chi connectivity index (χ4n) is 8.31. The fourth-order valence-corrected chi connectivity index (χ4v) is 8.54. The summed E-state index contributed by atoms with van der Waals surface area (Å²) in [6.45, 7) is 13.1. The standard InChI is InChI=1S/C39H43ClF4N8O3/c1-20(2)51-19-46-26-15-24(47-33(31(26)51)48-25-14-23(28(40)30(42)29(25)41)34(53)49-39(7-8-39)35(43)44)21-13-27-32(45-18-21)37(3,4)36(54)52(27)22-16-38(5,17-22)50-9-6-11-55-12-10-50/h13-15,18-20,22,35H,6-12,16-17H2,1-5H3,(H,47,48)(H,49,53). The summed E-state index contributed by atoms with van der Waals surface area (Å²) in [6, 6.07) is 4.49. The van der Waals surface area contributed by atoms with Crippen molar-refractivity contribution in [3.8, 4) is 11.3 Å². The van der Waals surface area contributed by atoms with E-state index in [1.54, 1.807) is 23.2 Å². The smallest absolute Gasteiger partial charge is 0.261 e. The third-order valence-electron chi connectivity index (χ3n) is 11.8. The van der Waals surface area contributed by atoms with Gasteiger partial charge in [0.15, 0.2) is 17.5 Å². The number of rotatable bonds is 9. The maximum Gasteiger partial charge on any atom is 0.261 e. The number of carbonyl (C=O) groups excluding carboxylic acids is 2. The van der Waals surface area contributed by atoms with Gasteiger partial charge in [0.05, 0.1) is 57.2 Å². The second-order valence-corrected chi connectivity index (χ2v) is 16.7. The molecule has 1 saturated heterocycles. The van der Waals surface area contributed by atoms with Gasteiger partial charge >= 0.3 is 0 Å². The van der Waals surface area contributed by atoms with Gasteiger partial charge in [-0.25, -0.2) is 27.5 Å². The molecule has 16 heteroatoms. The van der Waals surface area contributed by atoms with Crippen molar-refractivity contribution in [3.05, 3.63) is 58.6 Å². The number of imidazole rings is 1. The largest absolute Gasteiger partial charge is 0.380 e. The van der Waals surface area contributed by atoms with Crippen molar-refractivity contribution in [3.63, 3.8) is 0 Å². The fraction of sp³-hybridized carbons (Fsp3) is 0.513. The molecule has 2 N–H and O–H groups in total. The monoisotopic (exact) mass is 782 g/mol. The third-order valence-corrected chi connectivity index (χ3v) is 12.2. The Hall–Kier alpha value is -4.34. The maximum absolute atomic E-state index is 15.6. The summed E-state index contributed by atoms with van der Waals surface area (Å²) in [6.07, 6.45) is 3.07. The van der Waals surface area contributed by atoms with Crippen LogP contribution in [-0.2, 0) is 14.9 Å². The SMILES string of the molecule is CC(C)n1cnc2cc(-c3cnc4c(c3)N(C3CC(C)(N5CCCOCC5)C3)C(=O)C4(C)C)nc(Nc3cc(C(=O)NC4(C(F)F)CC4)c(Cl)c(F)c3F)c21. The summed E-state index contributed by atoms with van der Waals surface area (Å²) in [5, 5.41) is 4.28. The summed E-state index contributed by atoms with van der Waals surface area (Å²) in [5.41, 5.74) is -0.382. The normalized spacial score (nSPS) is 23.2. The highest BCUT2D eigenvalue weighted by atomic mass is 35.5. The predicted octanol–water partition coefficient (Wildman–Crippen LogP) is 7.54. The van der Waals surface area contributed by atoms with E-state index in [-0.39, 0.29) is 42.2 Å². The van der Waals surface area contributed by atoms with Crippen LogP contribution in [0.1, 0.15) is 88.8 Å². The Balaban J connectivity index is 1.16. The number of benzene rings is 1. The van der Waals surface area contributed by atoms with Gasteiger partial charge in [-0.1, -0.05) is 11.6 Å². The van der Waals surface area contributed by atoms with Gasteiger partial charge in [0.1, 0.15) is 11.1 Å². The molecule has 0 bridgehead atoms. The Kier molecular flexibility index (Phi) is 9.16. The van der Waals surface area contributed by atoms with Gasteiger partial charge < -0.3 is 24.8 Å². The third kappa shape index (κ3) is 6.22. The van der Waals surface area contributed by atoms with E-state index in [0.717, 1.165) is 45.0 Å². The predicted molar refractivity (Wildman–Crippen MR) is 200 cm³/mol. The quantitative estimate of drug-likeness (QED) is 0.132. The molecule has 2 aliphatic heterocycles. The average Bonchev–Trinajstić information content (AvgIpc) is 3.83. The van der Waals surface area contributed by atoms with Crippen molar-refractivity contribution < 1.29 is 31.9 Å². The Morgan fingerprint density at radius 3 is 2.47 bits per heavy atom. The van der Waals surface area contributed by atoms with Crippen molar-refractivity contribution in [2.24, 2.45) is 0 Å². The lowest BCUT2D eigenvalue weighted by molar-refractivity contribution is -0.123. The number of carbonyl (C=O) groups is 2. The molecule has 4 aromatic rings. The summed E-state index contributed by atoms with van der Waals surface area (Å²) in [4.78, 5) is 45.8. The van der Waals surface area contributed by atoms with Crippen molar-refractivity contribution in [2.45, 2.75) is 102 Å². The number of fused-ring (bicyclic) bond motifs is 2. The van der Waals surface area contributed by atoms with Crippen LogP contribution in [0.15, 0.2) is 30.7 Å². The first kappa shape index (κ1) is 37.6. The summed E-state index contributed by atoms with van der Waals surface area (Å²) in [5.74, 6) is -3.90. The Morgan fingerprint density at radius 1 is 1.04 bits per heavy atom. The number of hydrogen-bond donors (Lipinski definition) is 2. The van der Waals surface area contributed by atoms with Crippen LogP contribution in [0.5, 0.6) is 0 Å². The van der Waals surface area contributed by atoms with Crippen LogP contribution >= 0.6 is 11.6 Å². The lowest BCUT2D eigenvalue weighted by Crippen LogP contribution is -2.63. The Morgan fingerprint density at radius 2 is 1.78 bits per heavy atom. The molecule has 3 aromatic heterocycles. The van der Waals surface area contributed by atoms with Crippen LogP contribution in [0, 0.1) is 11.6 Å². The molecule has 292 valence electrons. The highest BCUT2D eigenvalue weighted by Crippen LogP contribution is 2.50. The van der Waals surface area contributed by atoms with E-state index in [4.69, 9.17) is 26.3 Å². The van der Waals surface area contributed by atoms with E-state index < -0.39 is 51.2 Å². The van der Waals surface area contributed by atoms with E-state index in [1.165, 1.54) is 0 Å². The molecular formula is C39H43ClF4N8O3. The number of aromatic nitrogens is 4. The minimum absolute atomic E-state index is 0.0268. The molecule has 5 heterocycles. The first-order valence-corrected chi connectivity index (χ1v) is 19.0. The number of alkyl halides is 2. The number of pyridine rings is 2. The second-order valence-electron chi connectivity index (χ2n) is 16.3. The molecular weight excluding hydrogens is 740 g/mol. The molecule has 0 unspecified atom stereocenters. The van der Waals surface area contributed by atoms with Gasteiger partial charge in [0.2, 0.25) is 5.91 Å². The van der Waals surface area contributed by atoms with E-state index in [2.05, 4.69) is 27.4 Å². The summed E-state index contributed by atoms with van der Waals surface area (Å²) >= 11 is 6.07. The maximum atomic E-state index is 15.6. The van der Waals surface area contributed by atoms with Crippen LogP contribution in [0.3, 0.4) is 0 Å². The van der Waals surface area contributed by atoms with Gasteiger partial charge in [-0.2, -0.15) is 0 Å². The van der Waals surface area contributed by atoms with Crippen LogP contribution < -0.4 is 15.5 Å². The summed E-state index contributed by atoms with van der Waals surface area (Å²) in [7, 11) is 0. The molecule has 55 heavy (non-hydrogen) atoms. The van der Waals surface area contributed by atoms with Gasteiger partial charge in [0.25, 0.3) is 12.3 Å². The first-order valence-electron chi connectivity index (χ1n) is 18.6. The zero-order valence-corrected chi connectivity index (χ0v) is 32.0. The lowest BCUT2D eigenvalue weighted by atomic mass is 9.71. The number of anilines is 3. The number of nitrogens with zero attached hydrogens (tertiary/aromatic N) is 6. The molecule has 11 nitrogen and oxygen atoms in total. The van der Waals surface area contributed by atoms with Crippen LogP contribution in [-0.4, -0.2) is 86.1 Å². The van der Waals surface area contributed by atoms with Gasteiger partial charge in [-0.3, -0.25) is 19.5 Å². The molecule has 0 spiro atoms. The van der Waals surface area contributed by atoms with Crippen molar-refractivity contribution in [2.75, 3.05) is 36.5 Å². The van der Waals surface area contributed by atoms with Crippen LogP contribution in [0.4, 0.5) is 34.8 Å². The van der Waals surface area contributed by atoms with Crippen molar-refractivity contribution in [1.82, 2.24) is 29.7 Å². The first-order chi connectivity index (χ1) is 26.0. The molecule has 2 aliphatic carbocycles. The lowest BCUT2D eigenvalue weighted by Gasteiger charge is -2.54. The number of ether oxygens (including phenoxy) is 1. The molecule has 8 rings (SSSR count). The molecule has 0 radical (unpaired) electrons. The molecule has 2 amide bonds. The number of amides is 2. The number of hydrogen-bond acceptors (Lipinski definition) is 8. The number of nitrogens with one attached hydrogen (secondary N) is 2.